The number of fused-ring (bicyclic) bond motifs is 1. The highest BCUT2D eigenvalue weighted by Gasteiger charge is 2.07. The normalized spacial score (nSPS) is 10.9. The molecule has 1 heterocycles. The van der Waals surface area contributed by atoms with Crippen LogP contribution in [0.15, 0.2) is 30.5 Å². The molecule has 0 aliphatic rings. The topological polar surface area (TPSA) is 54.1 Å². The highest BCUT2D eigenvalue weighted by Crippen LogP contribution is 2.17. The molecule has 4 nitrogen and oxygen atoms in total. The predicted molar refractivity (Wildman–Crippen MR) is 85.4 cm³/mol. The third-order valence-electron chi connectivity index (χ3n) is 3.46. The van der Waals surface area contributed by atoms with Gasteiger partial charge in [-0.05, 0) is 24.5 Å². The highest BCUT2D eigenvalue weighted by molar-refractivity contribution is 5.88. The number of rotatable bonds is 9. The van der Waals surface area contributed by atoms with Crippen LogP contribution in [0.3, 0.4) is 0 Å². The Kier molecular flexibility index (Phi) is 6.28. The molecule has 0 saturated heterocycles. The molecule has 0 fully saturated rings. The number of nitrogens with one attached hydrogen (secondary N) is 2. The number of unbranched alkanes of at least 4 members (excludes halogenated alkanes) is 1. The number of amides is 1. The maximum absolute atomic E-state index is 11.9. The van der Waals surface area contributed by atoms with Gasteiger partial charge in [0.15, 0.2) is 0 Å². The molecule has 0 unspecified atom stereocenters. The molecule has 0 radical (unpaired) electrons. The summed E-state index contributed by atoms with van der Waals surface area (Å²) in [6, 6.07) is 8.03. The van der Waals surface area contributed by atoms with Crippen LogP contribution in [0.25, 0.3) is 10.9 Å². The van der Waals surface area contributed by atoms with Gasteiger partial charge in [0, 0.05) is 36.9 Å². The van der Waals surface area contributed by atoms with Crippen molar-refractivity contribution < 1.29 is 9.53 Å². The minimum Gasteiger partial charge on any atom is -0.381 e. The number of ether oxygens (including phenoxy) is 1. The van der Waals surface area contributed by atoms with E-state index in [9.17, 15) is 4.79 Å². The Balaban J connectivity index is 1.68. The molecule has 0 aliphatic carbocycles. The van der Waals surface area contributed by atoms with Crippen molar-refractivity contribution in [2.75, 3.05) is 19.8 Å². The van der Waals surface area contributed by atoms with Crippen LogP contribution in [-0.4, -0.2) is 30.6 Å². The third kappa shape index (κ3) is 4.90. The molecule has 1 amide bonds. The Labute approximate surface area is 125 Å². The summed E-state index contributed by atoms with van der Waals surface area (Å²) in [7, 11) is 0. The van der Waals surface area contributed by atoms with Gasteiger partial charge in [0.2, 0.25) is 5.91 Å². The largest absolute Gasteiger partial charge is 0.381 e. The molecule has 4 heteroatoms. The van der Waals surface area contributed by atoms with E-state index in [2.05, 4.69) is 17.2 Å². The van der Waals surface area contributed by atoms with E-state index in [1.165, 1.54) is 0 Å². The fourth-order valence-corrected chi connectivity index (χ4v) is 2.26. The van der Waals surface area contributed by atoms with Crippen LogP contribution in [-0.2, 0) is 16.0 Å². The molecular formula is C17H24N2O2. The number of aromatic amines is 1. The first-order valence-electron chi connectivity index (χ1n) is 7.70. The van der Waals surface area contributed by atoms with E-state index >= 15 is 0 Å². The van der Waals surface area contributed by atoms with Gasteiger partial charge < -0.3 is 15.0 Å². The molecule has 0 spiro atoms. The standard InChI is InChI=1S/C17H24N2O2/c1-2-3-10-21-11-6-9-18-17(20)12-14-13-19-16-8-5-4-7-15(14)16/h4-5,7-8,13,19H,2-3,6,9-12H2,1H3,(H,18,20). The lowest BCUT2D eigenvalue weighted by atomic mass is 10.1. The molecule has 1 aromatic heterocycles. The number of aromatic nitrogens is 1. The Hall–Kier alpha value is -1.81. The van der Waals surface area contributed by atoms with Crippen LogP contribution in [0, 0.1) is 0 Å². The summed E-state index contributed by atoms with van der Waals surface area (Å²) in [5.41, 5.74) is 2.12. The van der Waals surface area contributed by atoms with Gasteiger partial charge in [-0.2, -0.15) is 0 Å². The van der Waals surface area contributed by atoms with E-state index in [1.54, 1.807) is 0 Å². The number of carbonyl (C=O) groups is 1. The number of H-pyrrole nitrogens is 1. The van der Waals surface area contributed by atoms with Gasteiger partial charge in [0.1, 0.15) is 0 Å². The van der Waals surface area contributed by atoms with E-state index in [0.717, 1.165) is 42.3 Å². The fraction of sp³-hybridized carbons (Fsp3) is 0.471. The van der Waals surface area contributed by atoms with Crippen molar-refractivity contribution in [2.24, 2.45) is 0 Å². The van der Waals surface area contributed by atoms with Crippen LogP contribution < -0.4 is 5.32 Å². The Morgan fingerprint density at radius 3 is 2.90 bits per heavy atom. The van der Waals surface area contributed by atoms with E-state index in [4.69, 9.17) is 4.74 Å². The van der Waals surface area contributed by atoms with Crippen molar-refractivity contribution >= 4 is 16.8 Å². The maximum atomic E-state index is 11.9. The van der Waals surface area contributed by atoms with Gasteiger partial charge in [0.05, 0.1) is 6.42 Å². The number of benzene rings is 1. The highest BCUT2D eigenvalue weighted by atomic mass is 16.5. The zero-order chi connectivity index (χ0) is 14.9. The maximum Gasteiger partial charge on any atom is 0.224 e. The Morgan fingerprint density at radius 1 is 1.24 bits per heavy atom. The predicted octanol–water partition coefficient (Wildman–Crippen LogP) is 3.03. The first-order chi connectivity index (χ1) is 10.3. The number of hydrogen-bond donors (Lipinski definition) is 2. The van der Waals surface area contributed by atoms with Crippen molar-refractivity contribution in [3.63, 3.8) is 0 Å². The third-order valence-corrected chi connectivity index (χ3v) is 3.46. The average molecular weight is 288 g/mol. The zero-order valence-corrected chi connectivity index (χ0v) is 12.7. The molecule has 2 rings (SSSR count). The summed E-state index contributed by atoms with van der Waals surface area (Å²) in [5.74, 6) is 0.0633. The van der Waals surface area contributed by atoms with Gasteiger partial charge in [-0.15, -0.1) is 0 Å². The Morgan fingerprint density at radius 2 is 2.05 bits per heavy atom. The minimum atomic E-state index is 0.0633. The van der Waals surface area contributed by atoms with Gasteiger partial charge in [-0.3, -0.25) is 4.79 Å². The van der Waals surface area contributed by atoms with Gasteiger partial charge in [-0.25, -0.2) is 0 Å². The van der Waals surface area contributed by atoms with E-state index in [1.807, 2.05) is 30.5 Å². The molecule has 0 atom stereocenters. The van der Waals surface area contributed by atoms with Crippen LogP contribution in [0.1, 0.15) is 31.7 Å². The fourth-order valence-electron chi connectivity index (χ4n) is 2.26. The molecule has 2 N–H and O–H groups in total. The van der Waals surface area contributed by atoms with E-state index in [0.29, 0.717) is 19.6 Å². The van der Waals surface area contributed by atoms with Crippen molar-refractivity contribution in [1.29, 1.82) is 0 Å². The van der Waals surface area contributed by atoms with E-state index in [-0.39, 0.29) is 5.91 Å². The van der Waals surface area contributed by atoms with Crippen LogP contribution >= 0.6 is 0 Å². The second-order valence-corrected chi connectivity index (χ2v) is 5.21. The molecular weight excluding hydrogens is 264 g/mol. The van der Waals surface area contributed by atoms with Crippen molar-refractivity contribution in [1.82, 2.24) is 10.3 Å². The molecule has 0 aliphatic heterocycles. The van der Waals surface area contributed by atoms with Crippen LogP contribution in [0.5, 0.6) is 0 Å². The number of hydrogen-bond acceptors (Lipinski definition) is 2. The summed E-state index contributed by atoms with van der Waals surface area (Å²) in [4.78, 5) is 15.1. The monoisotopic (exact) mass is 288 g/mol. The molecule has 1 aromatic carbocycles. The van der Waals surface area contributed by atoms with Crippen LogP contribution in [0.4, 0.5) is 0 Å². The summed E-state index contributed by atoms with van der Waals surface area (Å²) in [6.07, 6.45) is 5.45. The number of carbonyl (C=O) groups excluding carboxylic acids is 1. The summed E-state index contributed by atoms with van der Waals surface area (Å²) in [5, 5.41) is 4.06. The second-order valence-electron chi connectivity index (χ2n) is 5.21. The number of para-hydroxylation sites is 1. The lowest BCUT2D eigenvalue weighted by molar-refractivity contribution is -0.120. The molecule has 0 saturated carbocycles. The second kappa shape index (κ2) is 8.47. The summed E-state index contributed by atoms with van der Waals surface area (Å²) >= 11 is 0. The van der Waals surface area contributed by atoms with Crippen molar-refractivity contribution in [3.8, 4) is 0 Å². The lowest BCUT2D eigenvalue weighted by Gasteiger charge is -2.05. The van der Waals surface area contributed by atoms with Gasteiger partial charge >= 0.3 is 0 Å². The average Bonchev–Trinajstić information content (AvgIpc) is 2.90. The first-order valence-corrected chi connectivity index (χ1v) is 7.70. The van der Waals surface area contributed by atoms with Crippen molar-refractivity contribution in [2.45, 2.75) is 32.6 Å². The van der Waals surface area contributed by atoms with Crippen molar-refractivity contribution in [3.05, 3.63) is 36.0 Å². The first kappa shape index (κ1) is 15.6. The zero-order valence-electron chi connectivity index (χ0n) is 12.7. The molecule has 2 aromatic rings. The van der Waals surface area contributed by atoms with Crippen LogP contribution in [0.2, 0.25) is 0 Å². The Bertz CT molecular complexity index is 563. The van der Waals surface area contributed by atoms with Gasteiger partial charge in [-0.1, -0.05) is 31.5 Å². The molecule has 21 heavy (non-hydrogen) atoms. The summed E-state index contributed by atoms with van der Waals surface area (Å²) < 4.78 is 5.46. The van der Waals surface area contributed by atoms with Gasteiger partial charge in [0.25, 0.3) is 0 Å². The lowest BCUT2D eigenvalue weighted by Crippen LogP contribution is -2.26. The molecule has 0 bridgehead atoms. The van der Waals surface area contributed by atoms with E-state index < -0.39 is 0 Å². The minimum absolute atomic E-state index is 0.0633. The molecule has 114 valence electrons. The summed E-state index contributed by atoms with van der Waals surface area (Å²) in [6.45, 7) is 4.36. The SMILES string of the molecule is CCCCOCCCNC(=O)Cc1c[nH]c2ccccc12. The smallest absolute Gasteiger partial charge is 0.224 e. The quantitative estimate of drug-likeness (QED) is 0.697.